The van der Waals surface area contributed by atoms with Crippen molar-refractivity contribution in [3.63, 3.8) is 0 Å². The lowest BCUT2D eigenvalue weighted by Crippen LogP contribution is -2.51. The summed E-state index contributed by atoms with van der Waals surface area (Å²) in [6.45, 7) is 5.40. The largest absolute Gasteiger partial charge is 0.338 e. The zero-order valence-electron chi connectivity index (χ0n) is 13.5. The standard InChI is InChI=1S/C15H22N6O2/c1-11-7-14(23-19-11)18-15(22)12(2)21-6-4-3-5-13(21)8-20-10-16-9-17-20/h7,9-10,12-13H,3-6,8H2,1-2H3,(H,18,22)/t12-,13+/m0/s1. The normalized spacial score (nSPS) is 20.3. The molecule has 2 aromatic heterocycles. The maximum absolute atomic E-state index is 12.5. The lowest BCUT2D eigenvalue weighted by Gasteiger charge is -2.38. The summed E-state index contributed by atoms with van der Waals surface area (Å²) in [5, 5.41) is 10.8. The molecule has 1 saturated heterocycles. The van der Waals surface area contributed by atoms with Crippen LogP contribution in [-0.4, -0.2) is 49.4 Å². The third-order valence-corrected chi connectivity index (χ3v) is 4.29. The fourth-order valence-electron chi connectivity index (χ4n) is 3.07. The van der Waals surface area contributed by atoms with E-state index in [1.54, 1.807) is 12.4 Å². The number of aryl methyl sites for hydroxylation is 1. The Morgan fingerprint density at radius 3 is 3.09 bits per heavy atom. The zero-order valence-corrected chi connectivity index (χ0v) is 13.5. The van der Waals surface area contributed by atoms with Gasteiger partial charge in [-0.15, -0.1) is 0 Å². The summed E-state index contributed by atoms with van der Waals surface area (Å²) in [5.74, 6) is 0.316. The summed E-state index contributed by atoms with van der Waals surface area (Å²) in [6, 6.07) is 1.75. The quantitative estimate of drug-likeness (QED) is 0.897. The van der Waals surface area contributed by atoms with Crippen LogP contribution in [0.15, 0.2) is 23.2 Å². The first-order valence-electron chi connectivity index (χ1n) is 7.96. The molecule has 0 saturated carbocycles. The fraction of sp³-hybridized carbons (Fsp3) is 0.600. The number of nitrogens with one attached hydrogen (secondary N) is 1. The minimum Gasteiger partial charge on any atom is -0.338 e. The first-order chi connectivity index (χ1) is 11.1. The van der Waals surface area contributed by atoms with Crippen LogP contribution >= 0.6 is 0 Å². The number of carbonyl (C=O) groups excluding carboxylic acids is 1. The second-order valence-corrected chi connectivity index (χ2v) is 6.00. The van der Waals surface area contributed by atoms with Crippen molar-refractivity contribution in [2.24, 2.45) is 0 Å². The summed E-state index contributed by atoms with van der Waals surface area (Å²) < 4.78 is 6.89. The Morgan fingerprint density at radius 1 is 1.52 bits per heavy atom. The van der Waals surface area contributed by atoms with Crippen LogP contribution in [-0.2, 0) is 11.3 Å². The lowest BCUT2D eigenvalue weighted by atomic mass is 9.99. The maximum atomic E-state index is 12.5. The number of nitrogens with zero attached hydrogens (tertiary/aromatic N) is 5. The van der Waals surface area contributed by atoms with Crippen LogP contribution in [0.1, 0.15) is 31.9 Å². The van der Waals surface area contributed by atoms with E-state index in [0.29, 0.717) is 5.88 Å². The molecule has 2 aromatic rings. The van der Waals surface area contributed by atoms with E-state index < -0.39 is 0 Å². The third-order valence-electron chi connectivity index (χ3n) is 4.29. The number of carbonyl (C=O) groups is 1. The topological polar surface area (TPSA) is 89.1 Å². The van der Waals surface area contributed by atoms with Crippen molar-refractivity contribution < 1.29 is 9.32 Å². The Labute approximate surface area is 134 Å². The van der Waals surface area contributed by atoms with Gasteiger partial charge in [-0.2, -0.15) is 5.10 Å². The molecular weight excluding hydrogens is 296 g/mol. The monoisotopic (exact) mass is 318 g/mol. The molecule has 8 nitrogen and oxygen atoms in total. The number of aromatic nitrogens is 4. The molecule has 3 rings (SSSR count). The summed E-state index contributed by atoms with van der Waals surface area (Å²) in [6.07, 6.45) is 6.58. The molecule has 0 bridgehead atoms. The second kappa shape index (κ2) is 6.91. The van der Waals surface area contributed by atoms with Crippen molar-refractivity contribution in [2.45, 2.75) is 51.7 Å². The Bertz CT molecular complexity index is 638. The van der Waals surface area contributed by atoms with Crippen LogP contribution in [0.2, 0.25) is 0 Å². The summed E-state index contributed by atoms with van der Waals surface area (Å²) in [5.41, 5.74) is 0.745. The number of hydrogen-bond donors (Lipinski definition) is 1. The Balaban J connectivity index is 1.65. The molecule has 124 valence electrons. The van der Waals surface area contributed by atoms with Crippen molar-refractivity contribution in [1.82, 2.24) is 24.8 Å². The molecule has 0 radical (unpaired) electrons. The van der Waals surface area contributed by atoms with E-state index in [0.717, 1.165) is 31.6 Å². The molecule has 2 atom stereocenters. The highest BCUT2D eigenvalue weighted by Crippen LogP contribution is 2.22. The van der Waals surface area contributed by atoms with E-state index in [2.05, 4.69) is 25.5 Å². The Kier molecular flexibility index (Phi) is 4.71. The van der Waals surface area contributed by atoms with Crippen molar-refractivity contribution in [1.29, 1.82) is 0 Å². The summed E-state index contributed by atoms with van der Waals surface area (Å²) >= 11 is 0. The minimum absolute atomic E-state index is 0.0772. The van der Waals surface area contributed by atoms with Gasteiger partial charge < -0.3 is 4.52 Å². The van der Waals surface area contributed by atoms with Crippen LogP contribution in [0.25, 0.3) is 0 Å². The van der Waals surface area contributed by atoms with Crippen LogP contribution < -0.4 is 5.32 Å². The molecule has 0 unspecified atom stereocenters. The summed E-state index contributed by atoms with van der Waals surface area (Å²) in [7, 11) is 0. The highest BCUT2D eigenvalue weighted by atomic mass is 16.5. The number of likely N-dealkylation sites (tertiary alicyclic amines) is 1. The van der Waals surface area contributed by atoms with Gasteiger partial charge >= 0.3 is 0 Å². The van der Waals surface area contributed by atoms with Gasteiger partial charge in [0.2, 0.25) is 11.8 Å². The van der Waals surface area contributed by atoms with Gasteiger partial charge in [-0.25, -0.2) is 4.98 Å². The molecule has 0 aromatic carbocycles. The number of anilines is 1. The molecule has 8 heteroatoms. The molecular formula is C15H22N6O2. The van der Waals surface area contributed by atoms with E-state index in [1.165, 1.54) is 12.7 Å². The molecule has 1 aliphatic heterocycles. The van der Waals surface area contributed by atoms with Crippen LogP contribution in [0.4, 0.5) is 5.88 Å². The number of piperidine rings is 1. The van der Waals surface area contributed by atoms with Crippen LogP contribution in [0, 0.1) is 6.92 Å². The molecule has 1 fully saturated rings. The average Bonchev–Trinajstić information content (AvgIpc) is 3.19. The fourth-order valence-corrected chi connectivity index (χ4v) is 3.07. The number of rotatable bonds is 5. The van der Waals surface area contributed by atoms with E-state index in [1.807, 2.05) is 18.5 Å². The summed E-state index contributed by atoms with van der Waals surface area (Å²) in [4.78, 5) is 18.7. The number of hydrogen-bond acceptors (Lipinski definition) is 6. The van der Waals surface area contributed by atoms with Crippen molar-refractivity contribution in [3.05, 3.63) is 24.4 Å². The van der Waals surface area contributed by atoms with Crippen molar-refractivity contribution >= 4 is 11.8 Å². The second-order valence-electron chi connectivity index (χ2n) is 6.00. The van der Waals surface area contributed by atoms with Crippen molar-refractivity contribution in [3.8, 4) is 0 Å². The van der Waals surface area contributed by atoms with Gasteiger partial charge in [0.05, 0.1) is 18.3 Å². The van der Waals surface area contributed by atoms with Crippen LogP contribution in [0.5, 0.6) is 0 Å². The Hall–Kier alpha value is -2.22. The van der Waals surface area contributed by atoms with E-state index in [4.69, 9.17) is 4.52 Å². The zero-order chi connectivity index (χ0) is 16.2. The third kappa shape index (κ3) is 3.76. The Morgan fingerprint density at radius 2 is 2.39 bits per heavy atom. The van der Waals surface area contributed by atoms with Gasteiger partial charge in [0, 0.05) is 12.1 Å². The van der Waals surface area contributed by atoms with E-state index in [9.17, 15) is 4.79 Å². The molecule has 3 heterocycles. The number of amides is 1. The predicted molar refractivity (Wildman–Crippen MR) is 83.7 cm³/mol. The first-order valence-corrected chi connectivity index (χ1v) is 7.96. The maximum Gasteiger partial charge on any atom is 0.243 e. The minimum atomic E-state index is -0.241. The van der Waals surface area contributed by atoms with Crippen LogP contribution in [0.3, 0.4) is 0 Å². The van der Waals surface area contributed by atoms with Gasteiger partial charge in [0.1, 0.15) is 12.7 Å². The van der Waals surface area contributed by atoms with Gasteiger partial charge in [-0.05, 0) is 33.2 Å². The lowest BCUT2D eigenvalue weighted by molar-refractivity contribution is -0.122. The smallest absolute Gasteiger partial charge is 0.243 e. The molecule has 1 N–H and O–H groups in total. The van der Waals surface area contributed by atoms with E-state index >= 15 is 0 Å². The average molecular weight is 318 g/mol. The molecule has 0 aliphatic carbocycles. The molecule has 1 amide bonds. The first kappa shape index (κ1) is 15.7. The van der Waals surface area contributed by atoms with Gasteiger partial charge in [0.15, 0.2) is 0 Å². The van der Waals surface area contributed by atoms with Crippen molar-refractivity contribution in [2.75, 3.05) is 11.9 Å². The SMILES string of the molecule is Cc1cc(NC(=O)[C@H](C)N2CCCC[C@@H]2Cn2cncn2)on1. The highest BCUT2D eigenvalue weighted by Gasteiger charge is 2.31. The highest BCUT2D eigenvalue weighted by molar-refractivity contribution is 5.93. The molecule has 1 aliphatic rings. The van der Waals surface area contributed by atoms with Gasteiger partial charge in [-0.3, -0.25) is 19.7 Å². The molecule has 23 heavy (non-hydrogen) atoms. The predicted octanol–water partition coefficient (Wildman–Crippen LogP) is 1.46. The molecule has 0 spiro atoms. The van der Waals surface area contributed by atoms with E-state index in [-0.39, 0.29) is 18.0 Å². The van der Waals surface area contributed by atoms with Gasteiger partial charge in [-0.1, -0.05) is 11.6 Å². The van der Waals surface area contributed by atoms with Gasteiger partial charge in [0.25, 0.3) is 0 Å².